The zero-order valence-electron chi connectivity index (χ0n) is 11.3. The zero-order chi connectivity index (χ0) is 14.1. The highest BCUT2D eigenvalue weighted by Crippen LogP contribution is 2.27. The minimum Gasteiger partial charge on any atom is -0.368 e. The average Bonchev–Trinajstić information content (AvgIpc) is 2.47. The maximum atomic E-state index is 11.3. The fraction of sp³-hybridized carbons (Fsp3) is 0.333. The molecule has 104 valence electrons. The number of amides is 1. The average molecular weight is 290 g/mol. The molecule has 0 unspecified atom stereocenters. The van der Waals surface area contributed by atoms with Crippen molar-refractivity contribution in [1.29, 1.82) is 0 Å². The van der Waals surface area contributed by atoms with Crippen molar-refractivity contribution >= 4 is 34.0 Å². The molecule has 1 aliphatic heterocycles. The number of aromatic nitrogens is 1. The number of hydrogen-bond acceptors (Lipinski definition) is 3. The minimum absolute atomic E-state index is 0.150. The summed E-state index contributed by atoms with van der Waals surface area (Å²) in [5.74, 6) is 0.150. The van der Waals surface area contributed by atoms with Crippen LogP contribution in [0.5, 0.6) is 0 Å². The van der Waals surface area contributed by atoms with Gasteiger partial charge in [0.15, 0.2) is 0 Å². The highest BCUT2D eigenvalue weighted by Gasteiger charge is 2.19. The lowest BCUT2D eigenvalue weighted by molar-refractivity contribution is -0.129. The Morgan fingerprint density at radius 3 is 2.65 bits per heavy atom. The normalized spacial score (nSPS) is 15.7. The van der Waals surface area contributed by atoms with Crippen molar-refractivity contribution in [2.24, 2.45) is 0 Å². The van der Waals surface area contributed by atoms with Crippen LogP contribution in [0.15, 0.2) is 30.6 Å². The zero-order valence-corrected chi connectivity index (χ0v) is 12.1. The summed E-state index contributed by atoms with van der Waals surface area (Å²) >= 11 is 6.20. The first kappa shape index (κ1) is 13.2. The lowest BCUT2D eigenvalue weighted by atomic mass is 10.1. The van der Waals surface area contributed by atoms with Crippen molar-refractivity contribution in [2.75, 3.05) is 31.1 Å². The molecule has 20 heavy (non-hydrogen) atoms. The summed E-state index contributed by atoms with van der Waals surface area (Å²) in [6.45, 7) is 4.88. The summed E-state index contributed by atoms with van der Waals surface area (Å²) in [5.41, 5.74) is 1.15. The summed E-state index contributed by atoms with van der Waals surface area (Å²) in [5, 5.41) is 2.74. The fourth-order valence-corrected chi connectivity index (χ4v) is 2.81. The molecule has 1 fully saturated rings. The van der Waals surface area contributed by atoms with Crippen LogP contribution in [0.25, 0.3) is 10.8 Å². The highest BCUT2D eigenvalue weighted by atomic mass is 35.5. The van der Waals surface area contributed by atoms with E-state index in [2.05, 4.69) is 22.0 Å². The number of halogens is 1. The number of pyridine rings is 1. The number of carbonyl (C=O) groups excluding carboxylic acids is 1. The molecule has 0 aliphatic carbocycles. The van der Waals surface area contributed by atoms with Gasteiger partial charge in [-0.3, -0.25) is 9.78 Å². The molecule has 3 rings (SSSR count). The molecule has 1 aliphatic rings. The first-order chi connectivity index (χ1) is 9.65. The second-order valence-corrected chi connectivity index (χ2v) is 5.43. The third kappa shape index (κ3) is 2.43. The minimum atomic E-state index is 0.150. The Bertz CT molecular complexity index is 651. The number of nitrogens with zero attached hydrogens (tertiary/aromatic N) is 3. The lowest BCUT2D eigenvalue weighted by Crippen LogP contribution is -2.48. The number of fused-ring (bicyclic) bond motifs is 1. The van der Waals surface area contributed by atoms with E-state index in [9.17, 15) is 4.79 Å². The Balaban J connectivity index is 1.85. The smallest absolute Gasteiger partial charge is 0.219 e. The number of piperazine rings is 1. The molecule has 0 saturated carbocycles. The van der Waals surface area contributed by atoms with Gasteiger partial charge in [0.2, 0.25) is 5.91 Å². The van der Waals surface area contributed by atoms with Gasteiger partial charge in [0, 0.05) is 62.0 Å². The summed E-state index contributed by atoms with van der Waals surface area (Å²) in [4.78, 5) is 19.6. The van der Waals surface area contributed by atoms with Crippen molar-refractivity contribution in [1.82, 2.24) is 9.88 Å². The van der Waals surface area contributed by atoms with Crippen molar-refractivity contribution in [3.8, 4) is 0 Å². The fourth-order valence-electron chi connectivity index (χ4n) is 2.59. The largest absolute Gasteiger partial charge is 0.368 e. The van der Waals surface area contributed by atoms with Crippen molar-refractivity contribution in [3.05, 3.63) is 35.6 Å². The molecule has 1 saturated heterocycles. The molecule has 0 N–H and O–H groups in total. The Morgan fingerprint density at radius 2 is 1.95 bits per heavy atom. The number of carbonyl (C=O) groups is 1. The molecule has 0 radical (unpaired) electrons. The number of hydrogen-bond donors (Lipinski definition) is 0. The van der Waals surface area contributed by atoms with E-state index in [-0.39, 0.29) is 5.91 Å². The van der Waals surface area contributed by atoms with Gasteiger partial charge in [-0.25, -0.2) is 0 Å². The summed E-state index contributed by atoms with van der Waals surface area (Å²) in [7, 11) is 0. The van der Waals surface area contributed by atoms with Crippen molar-refractivity contribution in [3.63, 3.8) is 0 Å². The standard InChI is InChI=1S/C15H16ClN3O/c1-11(20)18-4-6-19(7-5-18)13-3-2-12-9-17-10-15(16)14(12)8-13/h2-3,8-10H,4-7H2,1H3. The van der Waals surface area contributed by atoms with Gasteiger partial charge < -0.3 is 9.80 Å². The summed E-state index contributed by atoms with van der Waals surface area (Å²) in [6, 6.07) is 6.23. The molecule has 1 aromatic heterocycles. The van der Waals surface area contributed by atoms with Crippen LogP contribution in [0.2, 0.25) is 5.02 Å². The number of anilines is 1. The molecular formula is C15H16ClN3O. The quantitative estimate of drug-likeness (QED) is 0.809. The van der Waals surface area contributed by atoms with Gasteiger partial charge in [-0.1, -0.05) is 17.7 Å². The van der Waals surface area contributed by atoms with Crippen LogP contribution in [0.1, 0.15) is 6.92 Å². The van der Waals surface area contributed by atoms with E-state index in [1.165, 1.54) is 0 Å². The SMILES string of the molecule is CC(=O)N1CCN(c2ccc3cncc(Cl)c3c2)CC1. The van der Waals surface area contributed by atoms with Gasteiger partial charge in [-0.2, -0.15) is 0 Å². The third-order valence-corrected chi connectivity index (χ3v) is 4.09. The Morgan fingerprint density at radius 1 is 1.20 bits per heavy atom. The van der Waals surface area contributed by atoms with Gasteiger partial charge in [-0.05, 0) is 12.1 Å². The van der Waals surface area contributed by atoms with Gasteiger partial charge in [-0.15, -0.1) is 0 Å². The first-order valence-electron chi connectivity index (χ1n) is 6.69. The second kappa shape index (κ2) is 5.29. The first-order valence-corrected chi connectivity index (χ1v) is 7.06. The van der Waals surface area contributed by atoms with Crippen LogP contribution in [0.4, 0.5) is 5.69 Å². The molecule has 2 heterocycles. The summed E-state index contributed by atoms with van der Waals surface area (Å²) in [6.07, 6.45) is 3.49. The van der Waals surface area contributed by atoms with Crippen LogP contribution in [0.3, 0.4) is 0 Å². The predicted molar refractivity (Wildman–Crippen MR) is 81.2 cm³/mol. The summed E-state index contributed by atoms with van der Waals surface area (Å²) < 4.78 is 0. The monoisotopic (exact) mass is 289 g/mol. The topological polar surface area (TPSA) is 36.4 Å². The van der Waals surface area contributed by atoms with E-state index in [1.54, 1.807) is 13.1 Å². The van der Waals surface area contributed by atoms with Crippen LogP contribution >= 0.6 is 11.6 Å². The second-order valence-electron chi connectivity index (χ2n) is 5.02. The maximum absolute atomic E-state index is 11.3. The highest BCUT2D eigenvalue weighted by molar-refractivity contribution is 6.35. The molecular weight excluding hydrogens is 274 g/mol. The molecule has 4 nitrogen and oxygen atoms in total. The Hall–Kier alpha value is -1.81. The van der Waals surface area contributed by atoms with E-state index < -0.39 is 0 Å². The van der Waals surface area contributed by atoms with E-state index in [0.29, 0.717) is 5.02 Å². The third-order valence-electron chi connectivity index (χ3n) is 3.79. The maximum Gasteiger partial charge on any atom is 0.219 e. The molecule has 1 aromatic carbocycles. The molecule has 5 heteroatoms. The van der Waals surface area contributed by atoms with Crippen LogP contribution < -0.4 is 4.90 Å². The van der Waals surface area contributed by atoms with E-state index in [4.69, 9.17) is 11.6 Å². The Kier molecular flexibility index (Phi) is 3.49. The number of rotatable bonds is 1. The molecule has 0 spiro atoms. The molecule has 1 amide bonds. The van der Waals surface area contributed by atoms with E-state index in [0.717, 1.165) is 42.6 Å². The van der Waals surface area contributed by atoms with E-state index in [1.807, 2.05) is 17.2 Å². The van der Waals surface area contributed by atoms with Gasteiger partial charge in [0.25, 0.3) is 0 Å². The van der Waals surface area contributed by atoms with Crippen LogP contribution in [0, 0.1) is 0 Å². The molecule has 0 atom stereocenters. The van der Waals surface area contributed by atoms with Gasteiger partial charge in [0.1, 0.15) is 0 Å². The van der Waals surface area contributed by atoms with Gasteiger partial charge in [0.05, 0.1) is 5.02 Å². The predicted octanol–water partition coefficient (Wildman–Crippen LogP) is 2.56. The number of benzene rings is 1. The molecule has 2 aromatic rings. The van der Waals surface area contributed by atoms with Gasteiger partial charge >= 0.3 is 0 Å². The van der Waals surface area contributed by atoms with Crippen LogP contribution in [-0.4, -0.2) is 42.0 Å². The van der Waals surface area contributed by atoms with E-state index >= 15 is 0 Å². The lowest BCUT2D eigenvalue weighted by Gasteiger charge is -2.35. The van der Waals surface area contributed by atoms with Crippen molar-refractivity contribution < 1.29 is 4.79 Å². The van der Waals surface area contributed by atoms with Crippen LogP contribution in [-0.2, 0) is 4.79 Å². The molecule has 0 bridgehead atoms. The Labute approximate surface area is 123 Å². The van der Waals surface area contributed by atoms with Crippen molar-refractivity contribution in [2.45, 2.75) is 6.92 Å².